The predicted molar refractivity (Wildman–Crippen MR) is 145 cm³/mol. The second-order valence-electron chi connectivity index (χ2n) is 10.4. The van der Waals surface area contributed by atoms with Gasteiger partial charge in [-0.2, -0.15) is 21.6 Å². The number of benzene rings is 3. The molecule has 1 aliphatic rings. The van der Waals surface area contributed by atoms with E-state index in [1.54, 1.807) is 26.8 Å². The lowest BCUT2D eigenvalue weighted by Gasteiger charge is -2.34. The van der Waals surface area contributed by atoms with E-state index in [0.717, 1.165) is 16.3 Å². The average Bonchev–Trinajstić information content (AvgIpc) is 2.86. The maximum atomic E-state index is 13.4. The highest BCUT2D eigenvalue weighted by molar-refractivity contribution is 7.87. The molecule has 0 saturated heterocycles. The normalized spacial score (nSPS) is 16.4. The van der Waals surface area contributed by atoms with Crippen LogP contribution in [0.1, 0.15) is 51.3 Å². The van der Waals surface area contributed by atoms with Gasteiger partial charge in [-0.3, -0.25) is 0 Å². The zero-order chi connectivity index (χ0) is 29.3. The second kappa shape index (κ2) is 11.0. The van der Waals surface area contributed by atoms with Gasteiger partial charge in [0.2, 0.25) is 0 Å². The highest BCUT2D eigenvalue weighted by Crippen LogP contribution is 2.38. The quantitative estimate of drug-likeness (QED) is 0.218. The molecule has 214 valence electrons. The Hall–Kier alpha value is -3.73. The number of para-hydroxylation sites is 1. The van der Waals surface area contributed by atoms with Gasteiger partial charge in [0, 0.05) is 19.0 Å². The van der Waals surface area contributed by atoms with Gasteiger partial charge in [0.1, 0.15) is 17.5 Å². The molecule has 3 aromatic carbocycles. The summed E-state index contributed by atoms with van der Waals surface area (Å²) >= 11 is 0. The fraction of sp³-hybridized carbons (Fsp3) is 0.345. The maximum Gasteiger partial charge on any atom is 0.534 e. The first-order valence-electron chi connectivity index (χ1n) is 12.6. The van der Waals surface area contributed by atoms with Crippen LogP contribution in [0.5, 0.6) is 5.75 Å². The number of hydrogen-bond acceptors (Lipinski definition) is 6. The third-order valence-electron chi connectivity index (χ3n) is 6.27. The molecule has 4 rings (SSSR count). The molecule has 3 aromatic rings. The van der Waals surface area contributed by atoms with Gasteiger partial charge in [0.25, 0.3) is 0 Å². The van der Waals surface area contributed by atoms with Crippen molar-refractivity contribution in [1.29, 1.82) is 0 Å². The number of fused-ring (bicyclic) bond motifs is 2. The number of carbonyl (C=O) groups excluding carboxylic acids is 1. The van der Waals surface area contributed by atoms with Crippen molar-refractivity contribution in [3.05, 3.63) is 83.9 Å². The summed E-state index contributed by atoms with van der Waals surface area (Å²) in [6.45, 7) is 7.20. The van der Waals surface area contributed by atoms with Gasteiger partial charge in [-0.1, -0.05) is 54.6 Å². The SMILES string of the molecule is C[C@H](c1cccc2ccccc12)N(CC[C@@H]1C=C(OS(=O)(=O)C(F)(F)F)c2ccccc2O1)C(=O)OC(C)(C)C. The molecule has 2 atom stereocenters. The summed E-state index contributed by atoms with van der Waals surface area (Å²) in [7, 11) is -5.91. The Kier molecular flexibility index (Phi) is 8.07. The maximum absolute atomic E-state index is 13.4. The molecule has 0 spiro atoms. The molecule has 7 nitrogen and oxygen atoms in total. The summed E-state index contributed by atoms with van der Waals surface area (Å²) in [5.74, 6) is -0.330. The fourth-order valence-corrected chi connectivity index (χ4v) is 4.90. The lowest BCUT2D eigenvalue weighted by atomic mass is 9.98. The van der Waals surface area contributed by atoms with Crippen LogP contribution in [-0.4, -0.2) is 43.2 Å². The minimum absolute atomic E-state index is 0.0692. The van der Waals surface area contributed by atoms with Crippen LogP contribution in [-0.2, 0) is 19.0 Å². The van der Waals surface area contributed by atoms with Crippen molar-refractivity contribution < 1.29 is 40.0 Å². The van der Waals surface area contributed by atoms with Gasteiger partial charge < -0.3 is 18.6 Å². The van der Waals surface area contributed by atoms with E-state index in [1.165, 1.54) is 29.2 Å². The Labute approximate surface area is 231 Å². The molecule has 40 heavy (non-hydrogen) atoms. The Morgan fingerprint density at radius 1 is 1.00 bits per heavy atom. The number of ether oxygens (including phenoxy) is 2. The number of nitrogens with zero attached hydrogens (tertiary/aromatic N) is 1. The molecule has 1 heterocycles. The predicted octanol–water partition coefficient (Wildman–Crippen LogP) is 7.20. The van der Waals surface area contributed by atoms with E-state index in [9.17, 15) is 26.4 Å². The number of hydrogen-bond donors (Lipinski definition) is 0. The van der Waals surface area contributed by atoms with Crippen LogP contribution >= 0.6 is 0 Å². The van der Waals surface area contributed by atoms with Gasteiger partial charge in [0.05, 0.1) is 11.6 Å². The van der Waals surface area contributed by atoms with E-state index in [2.05, 4.69) is 4.18 Å². The Balaban J connectivity index is 1.64. The Bertz CT molecular complexity index is 1520. The monoisotopic (exact) mass is 577 g/mol. The second-order valence-corrected chi connectivity index (χ2v) is 11.9. The molecule has 0 N–H and O–H groups in total. The van der Waals surface area contributed by atoms with Gasteiger partial charge in [-0.05, 0) is 56.2 Å². The molecule has 1 aliphatic heterocycles. The van der Waals surface area contributed by atoms with Crippen molar-refractivity contribution in [3.8, 4) is 5.75 Å². The van der Waals surface area contributed by atoms with Crippen LogP contribution in [0, 0.1) is 0 Å². The highest BCUT2D eigenvalue weighted by atomic mass is 32.2. The van der Waals surface area contributed by atoms with Crippen LogP contribution in [0.4, 0.5) is 18.0 Å². The van der Waals surface area contributed by atoms with Crippen molar-refractivity contribution in [2.45, 2.75) is 57.4 Å². The van der Waals surface area contributed by atoms with E-state index < -0.39 is 45.2 Å². The van der Waals surface area contributed by atoms with E-state index >= 15 is 0 Å². The number of amides is 1. The molecular formula is C29H30F3NO6S. The van der Waals surface area contributed by atoms with Crippen LogP contribution in [0.2, 0.25) is 0 Å². The molecule has 0 unspecified atom stereocenters. The largest absolute Gasteiger partial charge is 0.534 e. The summed E-state index contributed by atoms with van der Waals surface area (Å²) in [4.78, 5) is 14.9. The average molecular weight is 578 g/mol. The first-order chi connectivity index (χ1) is 18.7. The molecule has 0 fully saturated rings. The summed E-state index contributed by atoms with van der Waals surface area (Å²) in [5, 5.41) is 1.96. The number of halogens is 3. The third-order valence-corrected chi connectivity index (χ3v) is 7.24. The summed E-state index contributed by atoms with van der Waals surface area (Å²) in [6, 6.07) is 19.1. The minimum atomic E-state index is -5.91. The van der Waals surface area contributed by atoms with Crippen molar-refractivity contribution in [1.82, 2.24) is 4.90 Å². The first kappa shape index (κ1) is 29.3. The molecule has 1 amide bonds. The fourth-order valence-electron chi connectivity index (χ4n) is 4.42. The number of carbonyl (C=O) groups is 1. The van der Waals surface area contributed by atoms with Gasteiger partial charge >= 0.3 is 21.7 Å². The Morgan fingerprint density at radius 3 is 2.35 bits per heavy atom. The molecule has 0 aromatic heterocycles. The van der Waals surface area contributed by atoms with E-state index in [-0.39, 0.29) is 24.3 Å². The smallest absolute Gasteiger partial charge is 0.485 e. The zero-order valence-electron chi connectivity index (χ0n) is 22.4. The first-order valence-corrected chi connectivity index (χ1v) is 14.0. The van der Waals surface area contributed by atoms with Gasteiger partial charge in [-0.15, -0.1) is 0 Å². The molecule has 0 radical (unpaired) electrons. The standard InChI is InChI=1S/C29H30F3NO6S/c1-19(22-14-9-11-20-10-5-6-12-23(20)22)33(27(34)38-28(2,3)4)17-16-21-18-26(39-40(35,36)29(30,31)32)24-13-7-8-15-25(24)37-21/h5-15,18-19,21H,16-17H2,1-4H3/t19-,21-/m1/s1. The third kappa shape index (κ3) is 6.52. The molecule has 0 bridgehead atoms. The van der Waals surface area contributed by atoms with Crippen LogP contribution < -0.4 is 4.74 Å². The van der Waals surface area contributed by atoms with Gasteiger partial charge in [0.15, 0.2) is 5.76 Å². The summed E-state index contributed by atoms with van der Waals surface area (Å²) in [6.07, 6.45) is -0.175. The van der Waals surface area contributed by atoms with Crippen molar-refractivity contribution >= 4 is 32.7 Å². The minimum Gasteiger partial charge on any atom is -0.485 e. The Morgan fingerprint density at radius 2 is 1.65 bits per heavy atom. The van der Waals surface area contributed by atoms with E-state index in [0.29, 0.717) is 0 Å². The zero-order valence-corrected chi connectivity index (χ0v) is 23.3. The molecule has 11 heteroatoms. The lowest BCUT2D eigenvalue weighted by Crippen LogP contribution is -2.40. The van der Waals surface area contributed by atoms with Crippen molar-refractivity contribution in [2.24, 2.45) is 0 Å². The topological polar surface area (TPSA) is 82.1 Å². The molecule has 0 saturated carbocycles. The number of alkyl halides is 3. The summed E-state index contributed by atoms with van der Waals surface area (Å²) in [5.41, 5.74) is -5.42. The van der Waals surface area contributed by atoms with Crippen LogP contribution in [0.25, 0.3) is 16.5 Å². The van der Waals surface area contributed by atoms with Crippen molar-refractivity contribution in [2.75, 3.05) is 6.54 Å². The van der Waals surface area contributed by atoms with Crippen molar-refractivity contribution in [3.63, 3.8) is 0 Å². The van der Waals surface area contributed by atoms with E-state index in [1.807, 2.05) is 49.4 Å². The number of rotatable bonds is 7. The highest BCUT2D eigenvalue weighted by Gasteiger charge is 2.49. The van der Waals surface area contributed by atoms with Gasteiger partial charge in [-0.25, -0.2) is 4.79 Å². The van der Waals surface area contributed by atoms with Crippen LogP contribution in [0.15, 0.2) is 72.8 Å². The van der Waals surface area contributed by atoms with Crippen LogP contribution in [0.3, 0.4) is 0 Å². The summed E-state index contributed by atoms with van der Waals surface area (Å²) < 4.78 is 78.9. The molecular weight excluding hydrogens is 547 g/mol. The van der Waals surface area contributed by atoms with E-state index in [4.69, 9.17) is 9.47 Å². The lowest BCUT2D eigenvalue weighted by molar-refractivity contribution is -0.0510. The molecule has 0 aliphatic carbocycles.